The van der Waals surface area contributed by atoms with E-state index in [1.165, 1.54) is 19.3 Å². The summed E-state index contributed by atoms with van der Waals surface area (Å²) in [5.41, 5.74) is 2.60. The normalized spacial score (nSPS) is 11.0. The molecule has 0 bridgehead atoms. The first-order valence-corrected chi connectivity index (χ1v) is 8.23. The number of unbranched alkanes of at least 4 members (excludes halogenated alkanes) is 3. The SMILES string of the molecule is CCCCCCOc1ccc(C(C#N)=Cc2ccccc2)cc1. The average Bonchev–Trinajstić information content (AvgIpc) is 2.61. The topological polar surface area (TPSA) is 33.0 Å². The molecule has 0 fully saturated rings. The van der Waals surface area contributed by atoms with Gasteiger partial charge in [-0.1, -0.05) is 56.5 Å². The van der Waals surface area contributed by atoms with Gasteiger partial charge in [-0.2, -0.15) is 5.26 Å². The number of nitriles is 1. The minimum absolute atomic E-state index is 0.658. The first kappa shape index (κ1) is 16.8. The van der Waals surface area contributed by atoms with Gasteiger partial charge in [-0.05, 0) is 47.9 Å². The molecule has 23 heavy (non-hydrogen) atoms. The van der Waals surface area contributed by atoms with Gasteiger partial charge in [0.05, 0.1) is 18.2 Å². The minimum atomic E-state index is 0.658. The van der Waals surface area contributed by atoms with Gasteiger partial charge < -0.3 is 4.74 Å². The number of ether oxygens (including phenoxy) is 1. The third kappa shape index (κ3) is 5.64. The summed E-state index contributed by atoms with van der Waals surface area (Å²) in [6.45, 7) is 2.96. The lowest BCUT2D eigenvalue weighted by atomic mass is 10.0. The standard InChI is InChI=1S/C21H23NO/c1-2-3-4-8-15-23-21-13-11-19(12-14-21)20(17-22)16-18-9-6-5-7-10-18/h5-7,9-14,16H,2-4,8,15H2,1H3. The molecule has 0 saturated heterocycles. The number of allylic oxidation sites excluding steroid dienone is 1. The zero-order valence-electron chi connectivity index (χ0n) is 13.7. The molecule has 0 aliphatic rings. The number of rotatable bonds is 8. The Morgan fingerprint density at radius 2 is 1.74 bits per heavy atom. The lowest BCUT2D eigenvalue weighted by Crippen LogP contribution is -1.97. The van der Waals surface area contributed by atoms with E-state index in [2.05, 4.69) is 13.0 Å². The highest BCUT2D eigenvalue weighted by Crippen LogP contribution is 2.21. The molecule has 0 spiro atoms. The zero-order chi connectivity index (χ0) is 16.3. The Bertz CT molecular complexity index is 650. The van der Waals surface area contributed by atoms with Gasteiger partial charge in [-0.15, -0.1) is 0 Å². The molecule has 0 aromatic heterocycles. The quantitative estimate of drug-likeness (QED) is 0.355. The van der Waals surface area contributed by atoms with Crippen molar-refractivity contribution in [2.45, 2.75) is 32.6 Å². The molecule has 0 radical (unpaired) electrons. The smallest absolute Gasteiger partial charge is 0.119 e. The Morgan fingerprint density at radius 3 is 2.39 bits per heavy atom. The summed E-state index contributed by atoms with van der Waals surface area (Å²) in [6, 6.07) is 19.9. The maximum atomic E-state index is 9.38. The Balaban J connectivity index is 1.98. The van der Waals surface area contributed by atoms with Gasteiger partial charge in [0.15, 0.2) is 0 Å². The first-order chi connectivity index (χ1) is 11.3. The predicted molar refractivity (Wildman–Crippen MR) is 96.0 cm³/mol. The maximum absolute atomic E-state index is 9.38. The Kier molecular flexibility index (Phi) is 6.94. The molecule has 2 aromatic carbocycles. The highest BCUT2D eigenvalue weighted by molar-refractivity contribution is 5.89. The van der Waals surface area contributed by atoms with Gasteiger partial charge in [0.2, 0.25) is 0 Å². The molecular formula is C21H23NO. The number of hydrogen-bond acceptors (Lipinski definition) is 2. The van der Waals surface area contributed by atoms with E-state index < -0.39 is 0 Å². The van der Waals surface area contributed by atoms with Crippen molar-refractivity contribution in [2.24, 2.45) is 0 Å². The summed E-state index contributed by atoms with van der Waals surface area (Å²) in [4.78, 5) is 0. The lowest BCUT2D eigenvalue weighted by molar-refractivity contribution is 0.305. The van der Waals surface area contributed by atoms with Crippen LogP contribution in [0.2, 0.25) is 0 Å². The molecule has 0 amide bonds. The van der Waals surface area contributed by atoms with Crippen LogP contribution in [-0.2, 0) is 0 Å². The molecule has 0 heterocycles. The zero-order valence-corrected chi connectivity index (χ0v) is 13.7. The van der Waals surface area contributed by atoms with E-state index >= 15 is 0 Å². The van der Waals surface area contributed by atoms with E-state index in [1.54, 1.807) is 0 Å². The van der Waals surface area contributed by atoms with Crippen molar-refractivity contribution in [2.75, 3.05) is 6.61 Å². The molecule has 2 heteroatoms. The molecule has 0 aliphatic heterocycles. The summed E-state index contributed by atoms with van der Waals surface area (Å²) in [5, 5.41) is 9.38. The molecule has 0 aliphatic carbocycles. The van der Waals surface area contributed by atoms with Crippen molar-refractivity contribution in [3.8, 4) is 11.8 Å². The fraction of sp³-hybridized carbons (Fsp3) is 0.286. The highest BCUT2D eigenvalue weighted by Gasteiger charge is 2.02. The molecule has 2 aromatic rings. The van der Waals surface area contributed by atoms with Crippen LogP contribution in [0.4, 0.5) is 0 Å². The molecule has 0 saturated carbocycles. The second kappa shape index (κ2) is 9.48. The van der Waals surface area contributed by atoms with Crippen LogP contribution in [0.5, 0.6) is 5.75 Å². The fourth-order valence-corrected chi connectivity index (χ4v) is 2.35. The average molecular weight is 305 g/mol. The van der Waals surface area contributed by atoms with Crippen LogP contribution < -0.4 is 4.74 Å². The van der Waals surface area contributed by atoms with Gasteiger partial charge in [0.25, 0.3) is 0 Å². The van der Waals surface area contributed by atoms with Crippen molar-refractivity contribution in [3.05, 3.63) is 65.7 Å². The number of hydrogen-bond donors (Lipinski definition) is 0. The van der Waals surface area contributed by atoms with Gasteiger partial charge in [-0.25, -0.2) is 0 Å². The third-order valence-corrected chi connectivity index (χ3v) is 3.66. The minimum Gasteiger partial charge on any atom is -0.494 e. The van der Waals surface area contributed by atoms with Crippen molar-refractivity contribution in [3.63, 3.8) is 0 Å². The van der Waals surface area contributed by atoms with Crippen molar-refractivity contribution in [1.82, 2.24) is 0 Å². The molecule has 2 rings (SSSR count). The second-order valence-electron chi connectivity index (χ2n) is 5.51. The Hall–Kier alpha value is -2.53. The van der Waals surface area contributed by atoms with Gasteiger partial charge in [0, 0.05) is 0 Å². The van der Waals surface area contributed by atoms with Gasteiger partial charge in [-0.3, -0.25) is 0 Å². The van der Waals surface area contributed by atoms with E-state index in [9.17, 15) is 5.26 Å². The van der Waals surface area contributed by atoms with Crippen LogP contribution >= 0.6 is 0 Å². The van der Waals surface area contributed by atoms with Crippen LogP contribution in [0, 0.1) is 11.3 Å². The lowest BCUT2D eigenvalue weighted by Gasteiger charge is -2.07. The monoisotopic (exact) mass is 305 g/mol. The van der Waals surface area contributed by atoms with Crippen LogP contribution in [0.3, 0.4) is 0 Å². The van der Waals surface area contributed by atoms with Gasteiger partial charge in [0.1, 0.15) is 5.75 Å². The van der Waals surface area contributed by atoms with E-state index in [0.29, 0.717) is 5.57 Å². The molecule has 0 N–H and O–H groups in total. The third-order valence-electron chi connectivity index (χ3n) is 3.66. The fourth-order valence-electron chi connectivity index (χ4n) is 2.35. The summed E-state index contributed by atoms with van der Waals surface area (Å²) in [5.74, 6) is 0.863. The first-order valence-electron chi connectivity index (χ1n) is 8.23. The van der Waals surface area contributed by atoms with Crippen molar-refractivity contribution >= 4 is 11.6 Å². The summed E-state index contributed by atoms with van der Waals surface area (Å²) < 4.78 is 5.74. The molecular weight excluding hydrogens is 282 g/mol. The Labute approximate surface area is 139 Å². The van der Waals surface area contributed by atoms with Crippen LogP contribution in [0.15, 0.2) is 54.6 Å². The summed E-state index contributed by atoms with van der Waals surface area (Å²) in [6.07, 6.45) is 6.71. The van der Waals surface area contributed by atoms with Crippen molar-refractivity contribution in [1.29, 1.82) is 5.26 Å². The molecule has 0 unspecified atom stereocenters. The number of nitrogens with zero attached hydrogens (tertiary/aromatic N) is 1. The highest BCUT2D eigenvalue weighted by atomic mass is 16.5. The van der Waals surface area contributed by atoms with E-state index in [-0.39, 0.29) is 0 Å². The van der Waals surface area contributed by atoms with E-state index in [1.807, 2.05) is 60.7 Å². The maximum Gasteiger partial charge on any atom is 0.119 e. The number of benzene rings is 2. The largest absolute Gasteiger partial charge is 0.494 e. The summed E-state index contributed by atoms with van der Waals surface area (Å²) >= 11 is 0. The molecule has 0 atom stereocenters. The van der Waals surface area contributed by atoms with Crippen LogP contribution in [0.1, 0.15) is 43.7 Å². The van der Waals surface area contributed by atoms with E-state index in [4.69, 9.17) is 4.74 Å². The Morgan fingerprint density at radius 1 is 1.00 bits per heavy atom. The van der Waals surface area contributed by atoms with Gasteiger partial charge >= 0.3 is 0 Å². The summed E-state index contributed by atoms with van der Waals surface area (Å²) in [7, 11) is 0. The van der Waals surface area contributed by atoms with Crippen LogP contribution in [0.25, 0.3) is 11.6 Å². The molecule has 118 valence electrons. The second-order valence-corrected chi connectivity index (χ2v) is 5.51. The molecule has 2 nitrogen and oxygen atoms in total. The van der Waals surface area contributed by atoms with Crippen LogP contribution in [-0.4, -0.2) is 6.61 Å². The van der Waals surface area contributed by atoms with E-state index in [0.717, 1.165) is 29.9 Å². The predicted octanol–water partition coefficient (Wildman–Crippen LogP) is 5.71. The van der Waals surface area contributed by atoms with Crippen molar-refractivity contribution < 1.29 is 4.74 Å².